The van der Waals surface area contributed by atoms with Gasteiger partial charge in [-0.25, -0.2) is 4.98 Å². The van der Waals surface area contributed by atoms with Crippen LogP contribution in [0.15, 0.2) is 0 Å². The highest BCUT2D eigenvalue weighted by molar-refractivity contribution is 7.17. The molecule has 1 aromatic heterocycles. The molecule has 2 saturated heterocycles. The Kier molecular flexibility index (Phi) is 4.65. The van der Waals surface area contributed by atoms with E-state index in [1.807, 2.05) is 18.7 Å². The Balaban J connectivity index is 1.74. The zero-order chi connectivity index (χ0) is 15.6. The van der Waals surface area contributed by atoms with Gasteiger partial charge >= 0.3 is 0 Å². The fraction of sp³-hybridized carbons (Fsp3) is 0.733. The topological polar surface area (TPSA) is 66.5 Å². The summed E-state index contributed by atoms with van der Waals surface area (Å²) in [6.07, 6.45) is 1.95. The molecule has 6 nitrogen and oxygen atoms in total. The lowest BCUT2D eigenvalue weighted by Gasteiger charge is -2.45. The highest BCUT2D eigenvalue weighted by atomic mass is 32.1. The van der Waals surface area contributed by atoms with Gasteiger partial charge in [0.15, 0.2) is 5.13 Å². The van der Waals surface area contributed by atoms with Crippen molar-refractivity contribution >= 4 is 22.4 Å². The fourth-order valence-corrected chi connectivity index (χ4v) is 4.17. The molecule has 122 valence electrons. The Morgan fingerprint density at radius 3 is 3.00 bits per heavy atom. The number of amides is 1. The van der Waals surface area contributed by atoms with E-state index in [0.717, 1.165) is 48.2 Å². The molecule has 0 aromatic carbocycles. The molecule has 1 amide bonds. The second kappa shape index (κ2) is 6.52. The molecular weight excluding hydrogens is 300 g/mol. The number of carbonyl (C=O) groups excluding carboxylic acids is 1. The van der Waals surface area contributed by atoms with Crippen molar-refractivity contribution in [2.45, 2.75) is 32.3 Å². The summed E-state index contributed by atoms with van der Waals surface area (Å²) < 4.78 is 6.04. The van der Waals surface area contributed by atoms with Crippen LogP contribution in [0.3, 0.4) is 0 Å². The lowest BCUT2D eigenvalue weighted by atomic mass is 9.90. The number of morpholine rings is 1. The normalized spacial score (nSPS) is 21.1. The number of aromatic nitrogens is 1. The first-order valence-corrected chi connectivity index (χ1v) is 8.80. The van der Waals surface area contributed by atoms with E-state index in [4.69, 9.17) is 4.74 Å². The van der Waals surface area contributed by atoms with Gasteiger partial charge < -0.3 is 20.3 Å². The third-order valence-electron chi connectivity index (χ3n) is 4.37. The van der Waals surface area contributed by atoms with E-state index in [0.29, 0.717) is 19.7 Å². The summed E-state index contributed by atoms with van der Waals surface area (Å²) in [7, 11) is 0. The number of nitrogens with zero attached hydrogens (tertiary/aromatic N) is 2. The summed E-state index contributed by atoms with van der Waals surface area (Å²) in [4.78, 5) is 20.0. The Hall–Kier alpha value is -1.18. The van der Waals surface area contributed by atoms with Crippen LogP contribution in [0.1, 0.15) is 35.1 Å². The van der Waals surface area contributed by atoms with Gasteiger partial charge in [-0.3, -0.25) is 4.79 Å². The molecule has 1 aromatic rings. The van der Waals surface area contributed by atoms with E-state index in [9.17, 15) is 4.79 Å². The average Bonchev–Trinajstić information content (AvgIpc) is 2.88. The van der Waals surface area contributed by atoms with Crippen molar-refractivity contribution in [2.75, 3.05) is 44.6 Å². The van der Waals surface area contributed by atoms with Crippen molar-refractivity contribution in [1.29, 1.82) is 0 Å². The minimum atomic E-state index is -0.151. The number of rotatable bonds is 3. The molecule has 3 rings (SSSR count). The maximum Gasteiger partial charge on any atom is 0.266 e. The van der Waals surface area contributed by atoms with Crippen LogP contribution in [0.4, 0.5) is 5.13 Å². The van der Waals surface area contributed by atoms with Crippen LogP contribution >= 0.6 is 11.3 Å². The fourth-order valence-electron chi connectivity index (χ4n) is 3.17. The van der Waals surface area contributed by atoms with Crippen molar-refractivity contribution < 1.29 is 9.53 Å². The first-order valence-electron chi connectivity index (χ1n) is 7.99. The Morgan fingerprint density at radius 2 is 2.27 bits per heavy atom. The van der Waals surface area contributed by atoms with E-state index in [2.05, 4.69) is 15.6 Å². The number of hydrogen-bond acceptors (Lipinski definition) is 6. The van der Waals surface area contributed by atoms with E-state index in [1.165, 1.54) is 11.3 Å². The molecule has 2 N–H and O–H groups in total. The lowest BCUT2D eigenvalue weighted by Crippen LogP contribution is -2.57. The molecule has 2 aliphatic rings. The monoisotopic (exact) mass is 324 g/mol. The van der Waals surface area contributed by atoms with Gasteiger partial charge in [0.2, 0.25) is 0 Å². The molecule has 0 radical (unpaired) electrons. The highest BCUT2D eigenvalue weighted by Crippen LogP contribution is 2.30. The van der Waals surface area contributed by atoms with Gasteiger partial charge in [-0.05, 0) is 39.8 Å². The standard InChI is InChI=1S/C15H24N4O2S/c1-3-17-14-18-11(2)12(22-14)13(20)19-8-9-21-15(10-19)4-6-16-7-5-15/h16H,3-10H2,1-2H3,(H,17,18). The predicted molar refractivity (Wildman–Crippen MR) is 87.7 cm³/mol. The van der Waals surface area contributed by atoms with Gasteiger partial charge in [0.25, 0.3) is 5.91 Å². The van der Waals surface area contributed by atoms with Crippen LogP contribution in [-0.4, -0.2) is 60.7 Å². The van der Waals surface area contributed by atoms with Gasteiger partial charge in [-0.2, -0.15) is 0 Å². The van der Waals surface area contributed by atoms with Crippen LogP contribution in [-0.2, 0) is 4.74 Å². The zero-order valence-corrected chi connectivity index (χ0v) is 14.1. The zero-order valence-electron chi connectivity index (χ0n) is 13.3. The van der Waals surface area contributed by atoms with Crippen molar-refractivity contribution in [3.8, 4) is 0 Å². The van der Waals surface area contributed by atoms with Crippen LogP contribution in [0.5, 0.6) is 0 Å². The number of piperidine rings is 1. The number of nitrogens with one attached hydrogen (secondary N) is 2. The molecule has 2 aliphatic heterocycles. The summed E-state index contributed by atoms with van der Waals surface area (Å²) in [5, 5.41) is 7.37. The van der Waals surface area contributed by atoms with Crippen molar-refractivity contribution in [2.24, 2.45) is 0 Å². The van der Waals surface area contributed by atoms with Crippen LogP contribution < -0.4 is 10.6 Å². The molecule has 2 fully saturated rings. The molecule has 1 spiro atoms. The van der Waals surface area contributed by atoms with E-state index < -0.39 is 0 Å². The highest BCUT2D eigenvalue weighted by Gasteiger charge is 2.39. The molecule has 0 aliphatic carbocycles. The largest absolute Gasteiger partial charge is 0.371 e. The van der Waals surface area contributed by atoms with Crippen molar-refractivity contribution in [3.05, 3.63) is 10.6 Å². The number of ether oxygens (including phenoxy) is 1. The second-order valence-electron chi connectivity index (χ2n) is 5.97. The Morgan fingerprint density at radius 1 is 1.50 bits per heavy atom. The minimum Gasteiger partial charge on any atom is -0.371 e. The Labute approximate surface area is 135 Å². The quantitative estimate of drug-likeness (QED) is 0.881. The molecule has 22 heavy (non-hydrogen) atoms. The molecule has 0 saturated carbocycles. The van der Waals surface area contributed by atoms with E-state index in [-0.39, 0.29) is 11.5 Å². The number of aryl methyl sites for hydroxylation is 1. The van der Waals surface area contributed by atoms with E-state index >= 15 is 0 Å². The van der Waals surface area contributed by atoms with Gasteiger partial charge in [0.1, 0.15) is 4.88 Å². The van der Waals surface area contributed by atoms with Gasteiger partial charge in [-0.1, -0.05) is 11.3 Å². The van der Waals surface area contributed by atoms with E-state index in [1.54, 1.807) is 0 Å². The average molecular weight is 324 g/mol. The van der Waals surface area contributed by atoms with Gasteiger partial charge in [0, 0.05) is 13.1 Å². The number of carbonyl (C=O) groups is 1. The third kappa shape index (κ3) is 3.11. The predicted octanol–water partition coefficient (Wildman–Crippen LogP) is 1.48. The van der Waals surface area contributed by atoms with Gasteiger partial charge in [-0.15, -0.1) is 0 Å². The van der Waals surface area contributed by atoms with Crippen molar-refractivity contribution in [1.82, 2.24) is 15.2 Å². The maximum absolute atomic E-state index is 12.9. The molecule has 3 heterocycles. The summed E-state index contributed by atoms with van der Waals surface area (Å²) in [5.41, 5.74) is 0.666. The summed E-state index contributed by atoms with van der Waals surface area (Å²) in [6, 6.07) is 0. The lowest BCUT2D eigenvalue weighted by molar-refractivity contribution is -0.114. The maximum atomic E-state index is 12.9. The van der Waals surface area contributed by atoms with Crippen LogP contribution in [0.25, 0.3) is 0 Å². The molecular formula is C15H24N4O2S. The smallest absolute Gasteiger partial charge is 0.266 e. The SMILES string of the molecule is CCNc1nc(C)c(C(=O)N2CCOC3(CCNCC3)C2)s1. The molecule has 0 unspecified atom stereocenters. The summed E-state index contributed by atoms with van der Waals surface area (Å²) in [6.45, 7) is 8.67. The van der Waals surface area contributed by atoms with Crippen LogP contribution in [0.2, 0.25) is 0 Å². The van der Waals surface area contributed by atoms with Crippen LogP contribution in [0, 0.1) is 6.92 Å². The summed E-state index contributed by atoms with van der Waals surface area (Å²) >= 11 is 1.45. The molecule has 0 atom stereocenters. The third-order valence-corrected chi connectivity index (χ3v) is 5.47. The number of anilines is 1. The Bertz CT molecular complexity index is 534. The van der Waals surface area contributed by atoms with Gasteiger partial charge in [0.05, 0.1) is 24.4 Å². The molecule has 7 heteroatoms. The first-order chi connectivity index (χ1) is 10.6. The first kappa shape index (κ1) is 15.7. The number of hydrogen-bond donors (Lipinski definition) is 2. The van der Waals surface area contributed by atoms with Crippen molar-refractivity contribution in [3.63, 3.8) is 0 Å². The summed E-state index contributed by atoms with van der Waals surface area (Å²) in [5.74, 6) is 0.0976. The minimum absolute atomic E-state index is 0.0976. The number of thiazole rings is 1. The molecule has 0 bridgehead atoms. The second-order valence-corrected chi connectivity index (χ2v) is 6.97.